The van der Waals surface area contributed by atoms with E-state index in [0.717, 1.165) is 12.0 Å². The Morgan fingerprint density at radius 2 is 2.67 bits per heavy atom. The number of aromatic nitrogens is 1. The summed E-state index contributed by atoms with van der Waals surface area (Å²) in [6, 6.07) is 0. The van der Waals surface area contributed by atoms with Gasteiger partial charge in [0, 0.05) is 6.42 Å². The summed E-state index contributed by atoms with van der Waals surface area (Å²) >= 11 is 0. The first kappa shape index (κ1) is 5.88. The molecule has 0 aliphatic heterocycles. The van der Waals surface area contributed by atoms with E-state index in [1.807, 2.05) is 0 Å². The predicted molar refractivity (Wildman–Crippen MR) is 32.0 cm³/mol. The molecule has 0 aliphatic rings. The minimum Gasteiger partial charge on any atom is -0.516 e. The highest BCUT2D eigenvalue weighted by Gasteiger charge is 1.89. The van der Waals surface area contributed by atoms with Crippen LogP contribution in [0.25, 0.3) is 0 Å². The van der Waals surface area contributed by atoms with Gasteiger partial charge < -0.3 is 9.52 Å². The fourth-order valence-electron chi connectivity index (χ4n) is 0.512. The van der Waals surface area contributed by atoms with E-state index < -0.39 is 0 Å². The van der Waals surface area contributed by atoms with E-state index in [0.29, 0.717) is 6.42 Å². The fraction of sp³-hybridized carbons (Fsp3) is 0.167. The van der Waals surface area contributed by atoms with Gasteiger partial charge >= 0.3 is 0 Å². The van der Waals surface area contributed by atoms with Crippen molar-refractivity contribution < 1.29 is 9.52 Å². The number of aliphatic hydroxyl groups is 1. The van der Waals surface area contributed by atoms with Crippen LogP contribution >= 0.6 is 0 Å². The lowest BCUT2D eigenvalue weighted by Crippen LogP contribution is -1.77. The Balaban J connectivity index is 2.48. The molecular formula is C6H7NO2. The van der Waals surface area contributed by atoms with Crippen molar-refractivity contribution >= 4 is 0 Å². The lowest BCUT2D eigenvalue weighted by Gasteiger charge is -1.80. The van der Waals surface area contributed by atoms with Gasteiger partial charge in [-0.15, -0.1) is 0 Å². The van der Waals surface area contributed by atoms with Crippen LogP contribution in [0.1, 0.15) is 5.69 Å². The van der Waals surface area contributed by atoms with Crippen molar-refractivity contribution in [2.75, 3.05) is 0 Å². The van der Waals surface area contributed by atoms with E-state index >= 15 is 0 Å². The second-order valence-corrected chi connectivity index (χ2v) is 1.57. The summed E-state index contributed by atoms with van der Waals surface area (Å²) in [7, 11) is 0. The number of hydrogen-bond donors (Lipinski definition) is 1. The number of nitrogens with zero attached hydrogens (tertiary/aromatic N) is 1. The van der Waals surface area contributed by atoms with Crippen LogP contribution in [0.3, 0.4) is 0 Å². The minimum atomic E-state index is 0.618. The molecule has 0 amide bonds. The Morgan fingerprint density at radius 3 is 3.22 bits per heavy atom. The maximum atomic E-state index is 8.23. The lowest BCUT2D eigenvalue weighted by molar-refractivity contribution is 0.471. The Labute approximate surface area is 52.6 Å². The van der Waals surface area contributed by atoms with Crippen LogP contribution in [0.2, 0.25) is 0 Å². The van der Waals surface area contributed by atoms with Crippen LogP contribution in [-0.4, -0.2) is 10.1 Å². The molecule has 0 saturated carbocycles. The molecule has 0 aliphatic carbocycles. The van der Waals surface area contributed by atoms with Crippen molar-refractivity contribution in [1.29, 1.82) is 0 Å². The highest BCUT2D eigenvalue weighted by Crippen LogP contribution is 1.94. The first-order chi connectivity index (χ1) is 4.43. The van der Waals surface area contributed by atoms with Gasteiger partial charge in [0.15, 0.2) is 6.39 Å². The van der Waals surface area contributed by atoms with E-state index in [1.165, 1.54) is 6.39 Å². The molecule has 9 heavy (non-hydrogen) atoms. The third-order valence-electron chi connectivity index (χ3n) is 0.916. The molecule has 0 spiro atoms. The standard InChI is InChI=1S/C6H7NO2/c8-3-1-2-6-4-9-5-7-6/h1,3-5,8H,2H2. The van der Waals surface area contributed by atoms with Gasteiger partial charge in [0.05, 0.1) is 12.0 Å². The van der Waals surface area contributed by atoms with Gasteiger partial charge in [0.1, 0.15) is 6.26 Å². The molecule has 0 atom stereocenters. The zero-order chi connectivity index (χ0) is 6.53. The number of allylic oxidation sites excluding steroid dienone is 1. The summed E-state index contributed by atoms with van der Waals surface area (Å²) in [4.78, 5) is 3.82. The molecule has 0 saturated heterocycles. The highest BCUT2D eigenvalue weighted by molar-refractivity contribution is 4.97. The molecule has 0 bridgehead atoms. The molecule has 3 nitrogen and oxygen atoms in total. The average Bonchev–Trinajstić information content (AvgIpc) is 2.34. The van der Waals surface area contributed by atoms with E-state index in [9.17, 15) is 0 Å². The second kappa shape index (κ2) is 2.91. The highest BCUT2D eigenvalue weighted by atomic mass is 16.3. The van der Waals surface area contributed by atoms with Gasteiger partial charge in [-0.05, 0) is 6.08 Å². The average molecular weight is 125 g/mol. The smallest absolute Gasteiger partial charge is 0.180 e. The lowest BCUT2D eigenvalue weighted by atomic mass is 10.3. The van der Waals surface area contributed by atoms with Gasteiger partial charge in [-0.25, -0.2) is 4.98 Å². The number of aliphatic hydroxyl groups excluding tert-OH is 1. The monoisotopic (exact) mass is 125 g/mol. The molecule has 48 valence electrons. The van der Waals surface area contributed by atoms with Crippen LogP contribution in [0.5, 0.6) is 0 Å². The summed E-state index contributed by atoms with van der Waals surface area (Å²) in [5.41, 5.74) is 0.820. The predicted octanol–water partition coefficient (Wildman–Crippen LogP) is 1.29. The molecule has 3 heteroatoms. The second-order valence-electron chi connectivity index (χ2n) is 1.57. The zero-order valence-electron chi connectivity index (χ0n) is 4.82. The molecule has 0 unspecified atom stereocenters. The maximum Gasteiger partial charge on any atom is 0.180 e. The summed E-state index contributed by atoms with van der Waals surface area (Å²) < 4.78 is 4.68. The van der Waals surface area contributed by atoms with Gasteiger partial charge in [0.25, 0.3) is 0 Å². The quantitative estimate of drug-likeness (QED) is 0.606. The van der Waals surface area contributed by atoms with Crippen LogP contribution < -0.4 is 0 Å². The molecular weight excluding hydrogens is 118 g/mol. The van der Waals surface area contributed by atoms with Crippen molar-refractivity contribution in [3.63, 3.8) is 0 Å². The van der Waals surface area contributed by atoms with Crippen molar-refractivity contribution in [3.05, 3.63) is 30.7 Å². The van der Waals surface area contributed by atoms with E-state index in [-0.39, 0.29) is 0 Å². The fourth-order valence-corrected chi connectivity index (χ4v) is 0.512. The summed E-state index contributed by atoms with van der Waals surface area (Å²) in [6.45, 7) is 0. The Bertz CT molecular complexity index is 179. The largest absolute Gasteiger partial charge is 0.516 e. The Hall–Kier alpha value is -1.25. The number of rotatable bonds is 2. The molecule has 1 rings (SSSR count). The van der Waals surface area contributed by atoms with Crippen LogP contribution in [0, 0.1) is 0 Å². The summed E-state index contributed by atoms with van der Waals surface area (Å²) in [5.74, 6) is 0. The molecule has 0 fully saturated rings. The third kappa shape index (κ3) is 1.60. The van der Waals surface area contributed by atoms with Crippen molar-refractivity contribution in [2.24, 2.45) is 0 Å². The molecule has 1 aromatic heterocycles. The number of oxazole rings is 1. The number of hydrogen-bond acceptors (Lipinski definition) is 3. The Kier molecular flexibility index (Phi) is 1.90. The molecule has 0 aromatic carbocycles. The third-order valence-corrected chi connectivity index (χ3v) is 0.916. The van der Waals surface area contributed by atoms with E-state index in [2.05, 4.69) is 9.40 Å². The summed E-state index contributed by atoms with van der Waals surface area (Å²) in [6.07, 6.45) is 6.11. The Morgan fingerprint density at radius 1 is 1.78 bits per heavy atom. The van der Waals surface area contributed by atoms with Gasteiger partial charge in [0.2, 0.25) is 0 Å². The van der Waals surface area contributed by atoms with Crippen LogP contribution in [0.4, 0.5) is 0 Å². The molecule has 1 aromatic rings. The summed E-state index contributed by atoms with van der Waals surface area (Å²) in [5, 5.41) is 8.23. The zero-order valence-corrected chi connectivity index (χ0v) is 4.82. The van der Waals surface area contributed by atoms with Gasteiger partial charge in [-0.2, -0.15) is 0 Å². The SMILES string of the molecule is OC=CCc1cocn1. The molecule has 0 radical (unpaired) electrons. The van der Waals surface area contributed by atoms with Gasteiger partial charge in [-0.1, -0.05) is 0 Å². The minimum absolute atomic E-state index is 0.618. The normalized spacial score (nSPS) is 10.7. The molecule has 1 N–H and O–H groups in total. The van der Waals surface area contributed by atoms with Gasteiger partial charge in [-0.3, -0.25) is 0 Å². The first-order valence-electron chi connectivity index (χ1n) is 2.60. The van der Waals surface area contributed by atoms with Crippen molar-refractivity contribution in [2.45, 2.75) is 6.42 Å². The van der Waals surface area contributed by atoms with E-state index in [1.54, 1.807) is 12.3 Å². The topological polar surface area (TPSA) is 46.3 Å². The van der Waals surface area contributed by atoms with Crippen LogP contribution in [0.15, 0.2) is 29.4 Å². The van der Waals surface area contributed by atoms with Crippen molar-refractivity contribution in [3.8, 4) is 0 Å². The maximum absolute atomic E-state index is 8.23. The van der Waals surface area contributed by atoms with Crippen molar-refractivity contribution in [1.82, 2.24) is 4.98 Å². The van der Waals surface area contributed by atoms with Crippen LogP contribution in [-0.2, 0) is 6.42 Å². The first-order valence-corrected chi connectivity index (χ1v) is 2.60. The van der Waals surface area contributed by atoms with E-state index in [4.69, 9.17) is 5.11 Å². The molecule has 1 heterocycles.